The topological polar surface area (TPSA) is 17.1 Å². The van der Waals surface area contributed by atoms with Gasteiger partial charge in [0, 0.05) is 0 Å². The molecule has 2 heteroatoms. The van der Waals surface area contributed by atoms with Gasteiger partial charge in [-0.1, -0.05) is 0 Å². The Balaban J connectivity index is 3.79. The number of hydrogen-bond acceptors (Lipinski definition) is 1. The molecule has 7 heavy (non-hydrogen) atoms. The first-order chi connectivity index (χ1) is 2.94. The van der Waals surface area contributed by atoms with Gasteiger partial charge in [0.1, 0.15) is 0 Å². The molecular formula is C5H9OSe. The average molecular weight is 164 g/mol. The van der Waals surface area contributed by atoms with Crippen molar-refractivity contribution in [3.05, 3.63) is 0 Å². The summed E-state index contributed by atoms with van der Waals surface area (Å²) in [5, 5.41) is 0. The van der Waals surface area contributed by atoms with Crippen LogP contribution < -0.4 is 0 Å². The summed E-state index contributed by atoms with van der Waals surface area (Å²) >= 11 is 2.44. The van der Waals surface area contributed by atoms with Gasteiger partial charge in [-0.2, -0.15) is 0 Å². The van der Waals surface area contributed by atoms with Gasteiger partial charge in [-0.25, -0.2) is 0 Å². The predicted octanol–water partition coefficient (Wildman–Crippen LogP) is 0.728. The van der Waals surface area contributed by atoms with E-state index >= 15 is 0 Å². The molecule has 1 radical (unpaired) electrons. The number of hydrogen-bond donors (Lipinski definition) is 0. The van der Waals surface area contributed by atoms with Gasteiger partial charge in [0.05, 0.1) is 0 Å². The Morgan fingerprint density at radius 1 is 1.43 bits per heavy atom. The zero-order valence-corrected chi connectivity index (χ0v) is 6.53. The van der Waals surface area contributed by atoms with Gasteiger partial charge in [-0.05, 0) is 0 Å². The Labute approximate surface area is 52.3 Å². The molecule has 0 aromatic heterocycles. The zero-order chi connectivity index (χ0) is 6.08. The van der Waals surface area contributed by atoms with Crippen molar-refractivity contribution in [2.75, 3.05) is 0 Å². The van der Waals surface area contributed by atoms with Crippen molar-refractivity contribution in [3.63, 3.8) is 0 Å². The van der Waals surface area contributed by atoms with E-state index < -0.39 is 0 Å². The molecule has 0 aromatic rings. The number of rotatable bonds is 0. The second-order valence-electron chi connectivity index (χ2n) is 2.54. The molecule has 0 saturated heterocycles. The molecule has 0 spiro atoms. The van der Waals surface area contributed by atoms with Gasteiger partial charge in [-0.15, -0.1) is 0 Å². The van der Waals surface area contributed by atoms with E-state index in [-0.39, 0.29) is 10.1 Å². The molecule has 0 bridgehead atoms. The van der Waals surface area contributed by atoms with Crippen LogP contribution in [0.15, 0.2) is 0 Å². The monoisotopic (exact) mass is 165 g/mol. The van der Waals surface area contributed by atoms with Gasteiger partial charge in [0.2, 0.25) is 0 Å². The Morgan fingerprint density at radius 3 is 1.57 bits per heavy atom. The zero-order valence-electron chi connectivity index (χ0n) is 4.82. The molecule has 0 saturated carbocycles. The molecule has 0 aliphatic carbocycles. The molecule has 0 heterocycles. The van der Waals surface area contributed by atoms with Crippen LogP contribution in [0.2, 0.25) is 0 Å². The van der Waals surface area contributed by atoms with E-state index in [1.165, 1.54) is 0 Å². The Kier molecular flexibility index (Phi) is 2.03. The first-order valence-electron chi connectivity index (χ1n) is 2.16. The second-order valence-corrected chi connectivity index (χ2v) is 3.32. The third kappa shape index (κ3) is 2.84. The van der Waals surface area contributed by atoms with Gasteiger partial charge < -0.3 is 0 Å². The summed E-state index contributed by atoms with van der Waals surface area (Å²) in [7, 11) is 0. The van der Waals surface area contributed by atoms with Gasteiger partial charge >= 0.3 is 51.7 Å². The van der Waals surface area contributed by atoms with Crippen LogP contribution >= 0.6 is 0 Å². The van der Waals surface area contributed by atoms with E-state index in [0.29, 0.717) is 0 Å². The molecule has 0 fully saturated rings. The summed E-state index contributed by atoms with van der Waals surface area (Å²) in [5.74, 6) is 0. The van der Waals surface area contributed by atoms with Crippen molar-refractivity contribution >= 4 is 20.7 Å². The Bertz CT molecular complexity index is 80.6. The fourth-order valence-electron chi connectivity index (χ4n) is 0. The minimum atomic E-state index is -0.194. The SMILES string of the molecule is CC(C)(C)C(=O)[Se]. The summed E-state index contributed by atoms with van der Waals surface area (Å²) in [6.45, 7) is 5.64. The maximum atomic E-state index is 10.4. The summed E-state index contributed by atoms with van der Waals surface area (Å²) < 4.78 is 0.118. The quantitative estimate of drug-likeness (QED) is 0.482. The van der Waals surface area contributed by atoms with E-state index in [2.05, 4.69) is 16.0 Å². The fourth-order valence-corrected chi connectivity index (χ4v) is 0. The van der Waals surface area contributed by atoms with Crippen LogP contribution in [-0.4, -0.2) is 20.7 Å². The van der Waals surface area contributed by atoms with Crippen LogP contribution in [0.25, 0.3) is 0 Å². The molecule has 1 nitrogen and oxygen atoms in total. The third-order valence-corrected chi connectivity index (χ3v) is 1.90. The van der Waals surface area contributed by atoms with Gasteiger partial charge in [-0.3, -0.25) is 0 Å². The van der Waals surface area contributed by atoms with Crippen molar-refractivity contribution < 1.29 is 4.79 Å². The molecule has 0 aliphatic heterocycles. The Hall–Kier alpha value is 0.189. The molecule has 0 N–H and O–H groups in total. The van der Waals surface area contributed by atoms with Crippen molar-refractivity contribution in [1.29, 1.82) is 0 Å². The first-order valence-corrected chi connectivity index (χ1v) is 3.01. The normalized spacial score (nSPS) is 11.3. The first kappa shape index (κ1) is 7.19. The molecule has 41 valence electrons. The molecule has 0 aliphatic rings. The van der Waals surface area contributed by atoms with E-state index in [4.69, 9.17) is 0 Å². The maximum absolute atomic E-state index is 10.4. The minimum absolute atomic E-state index is 0.118. The molecule has 0 aromatic carbocycles. The van der Waals surface area contributed by atoms with E-state index in [0.717, 1.165) is 0 Å². The third-order valence-electron chi connectivity index (χ3n) is 0.612. The summed E-state index contributed by atoms with van der Waals surface area (Å²) in [6.07, 6.45) is 0. The van der Waals surface area contributed by atoms with Crippen LogP contribution in [0, 0.1) is 5.41 Å². The van der Waals surface area contributed by atoms with Crippen molar-refractivity contribution in [1.82, 2.24) is 0 Å². The summed E-state index contributed by atoms with van der Waals surface area (Å²) in [5.41, 5.74) is -0.194. The van der Waals surface area contributed by atoms with Crippen LogP contribution in [0.4, 0.5) is 0 Å². The molecule has 0 amide bonds. The predicted molar refractivity (Wildman–Crippen MR) is 30.2 cm³/mol. The average Bonchev–Trinajstić information content (AvgIpc) is 1.31. The summed E-state index contributed by atoms with van der Waals surface area (Å²) in [6, 6.07) is 0. The van der Waals surface area contributed by atoms with Crippen molar-refractivity contribution in [2.45, 2.75) is 20.8 Å². The second kappa shape index (κ2) is 1.97. The molecule has 0 unspecified atom stereocenters. The van der Waals surface area contributed by atoms with Crippen LogP contribution in [0.3, 0.4) is 0 Å². The van der Waals surface area contributed by atoms with Gasteiger partial charge in [0.15, 0.2) is 0 Å². The van der Waals surface area contributed by atoms with Gasteiger partial charge in [0.25, 0.3) is 0 Å². The van der Waals surface area contributed by atoms with Crippen LogP contribution in [0.5, 0.6) is 0 Å². The molecule has 0 atom stereocenters. The van der Waals surface area contributed by atoms with E-state index in [1.807, 2.05) is 20.8 Å². The van der Waals surface area contributed by atoms with E-state index in [9.17, 15) is 4.79 Å². The molecular weight excluding hydrogens is 155 g/mol. The standard InChI is InChI=1S/C5H9OSe/c1-5(2,3)4(6)7/h1-3H3. The fraction of sp³-hybridized carbons (Fsp3) is 0.800. The number of carbonyl (C=O) groups excluding carboxylic acids is 1. The van der Waals surface area contributed by atoms with Crippen molar-refractivity contribution in [3.8, 4) is 0 Å². The molecule has 0 rings (SSSR count). The van der Waals surface area contributed by atoms with Crippen molar-refractivity contribution in [2.24, 2.45) is 5.41 Å². The van der Waals surface area contributed by atoms with Crippen LogP contribution in [-0.2, 0) is 4.79 Å². The Morgan fingerprint density at radius 2 is 1.57 bits per heavy atom. The number of carbonyl (C=O) groups is 1. The van der Waals surface area contributed by atoms with Crippen LogP contribution in [0.1, 0.15) is 20.8 Å². The summed E-state index contributed by atoms with van der Waals surface area (Å²) in [4.78, 5) is 10.4. The van der Waals surface area contributed by atoms with E-state index in [1.54, 1.807) is 0 Å².